The third-order valence-corrected chi connectivity index (χ3v) is 7.01. The van der Waals surface area contributed by atoms with Gasteiger partial charge in [-0.15, -0.1) is 11.3 Å². The molecule has 0 radical (unpaired) electrons. The average molecular weight is 453 g/mol. The van der Waals surface area contributed by atoms with Crippen LogP contribution >= 0.6 is 22.9 Å². The molecule has 0 bridgehead atoms. The highest BCUT2D eigenvalue weighted by atomic mass is 35.5. The molecule has 156 valence electrons. The maximum absolute atomic E-state index is 13.4. The summed E-state index contributed by atoms with van der Waals surface area (Å²) in [6.07, 6.45) is 2.50. The van der Waals surface area contributed by atoms with Crippen molar-refractivity contribution in [2.75, 3.05) is 16.8 Å². The molecule has 0 fully saturated rings. The summed E-state index contributed by atoms with van der Waals surface area (Å²) in [7, 11) is 0. The van der Waals surface area contributed by atoms with Crippen molar-refractivity contribution >= 4 is 50.6 Å². The minimum Gasteiger partial charge on any atom is -0.351 e. The molecule has 1 aliphatic rings. The van der Waals surface area contributed by atoms with Gasteiger partial charge in [0.15, 0.2) is 0 Å². The number of amides is 1. The second kappa shape index (κ2) is 7.90. The summed E-state index contributed by atoms with van der Waals surface area (Å²) in [6, 6.07) is 12.5. The van der Waals surface area contributed by atoms with Gasteiger partial charge >= 0.3 is 0 Å². The Hall–Kier alpha value is -3.03. The van der Waals surface area contributed by atoms with E-state index in [1.54, 1.807) is 6.33 Å². The number of halogens is 2. The van der Waals surface area contributed by atoms with E-state index in [0.717, 1.165) is 41.1 Å². The molecule has 2 aromatic carbocycles. The minimum absolute atomic E-state index is 0.0376. The number of aromatic nitrogens is 2. The Kier molecular flexibility index (Phi) is 5.08. The quantitative estimate of drug-likeness (QED) is 0.439. The van der Waals surface area contributed by atoms with Gasteiger partial charge in [0, 0.05) is 18.8 Å². The first-order valence-electron chi connectivity index (χ1n) is 9.83. The zero-order chi connectivity index (χ0) is 21.5. The highest BCUT2D eigenvalue weighted by Gasteiger charge is 2.24. The summed E-state index contributed by atoms with van der Waals surface area (Å²) in [5, 5.41) is 3.66. The first-order valence-corrected chi connectivity index (χ1v) is 11.0. The molecule has 0 unspecified atom stereocenters. The van der Waals surface area contributed by atoms with Gasteiger partial charge in [-0.05, 0) is 48.2 Å². The van der Waals surface area contributed by atoms with Crippen LogP contribution in [0.15, 0.2) is 48.8 Å². The van der Waals surface area contributed by atoms with Gasteiger partial charge in [0.1, 0.15) is 22.8 Å². The van der Waals surface area contributed by atoms with E-state index >= 15 is 0 Å². The normalized spacial score (nSPS) is 13.3. The molecule has 3 heterocycles. The highest BCUT2D eigenvalue weighted by Crippen LogP contribution is 2.37. The van der Waals surface area contributed by atoms with Crippen molar-refractivity contribution in [1.82, 2.24) is 9.97 Å². The highest BCUT2D eigenvalue weighted by molar-refractivity contribution is 7.20. The largest absolute Gasteiger partial charge is 0.351 e. The minimum atomic E-state index is -0.527. The lowest BCUT2D eigenvalue weighted by Crippen LogP contribution is -2.31. The number of rotatable bonds is 3. The van der Waals surface area contributed by atoms with Crippen LogP contribution in [0.3, 0.4) is 0 Å². The molecule has 0 spiro atoms. The van der Waals surface area contributed by atoms with Crippen LogP contribution in [0.4, 0.5) is 15.9 Å². The molecular formula is C23H18ClFN4OS. The molecule has 0 saturated heterocycles. The van der Waals surface area contributed by atoms with Crippen molar-refractivity contribution < 1.29 is 9.18 Å². The van der Waals surface area contributed by atoms with Gasteiger partial charge in [0.2, 0.25) is 0 Å². The fourth-order valence-electron chi connectivity index (χ4n) is 3.95. The number of carbonyl (C=O) groups is 1. The van der Waals surface area contributed by atoms with Crippen LogP contribution in [0.2, 0.25) is 5.02 Å². The fourth-order valence-corrected chi connectivity index (χ4v) is 5.17. The van der Waals surface area contributed by atoms with Gasteiger partial charge in [0.25, 0.3) is 5.91 Å². The van der Waals surface area contributed by atoms with Gasteiger partial charge in [-0.25, -0.2) is 14.4 Å². The Morgan fingerprint density at radius 2 is 2.00 bits per heavy atom. The summed E-state index contributed by atoms with van der Waals surface area (Å²) in [4.78, 5) is 25.5. The number of nitrogens with zero attached hydrogens (tertiary/aromatic N) is 3. The van der Waals surface area contributed by atoms with E-state index in [0.29, 0.717) is 10.6 Å². The second-order valence-electron chi connectivity index (χ2n) is 7.46. The smallest absolute Gasteiger partial charge is 0.266 e. The maximum atomic E-state index is 13.4. The van der Waals surface area contributed by atoms with E-state index in [1.165, 1.54) is 40.7 Å². The number of nitrogens with one attached hydrogen (secondary N) is 1. The lowest BCUT2D eigenvalue weighted by molar-refractivity contribution is 0.103. The van der Waals surface area contributed by atoms with Crippen LogP contribution in [0, 0.1) is 12.7 Å². The molecule has 31 heavy (non-hydrogen) atoms. The monoisotopic (exact) mass is 452 g/mol. The summed E-state index contributed by atoms with van der Waals surface area (Å²) in [5.41, 5.74) is 3.93. The zero-order valence-electron chi connectivity index (χ0n) is 16.7. The Balaban J connectivity index is 1.49. The van der Waals surface area contributed by atoms with Crippen LogP contribution in [-0.4, -0.2) is 22.4 Å². The van der Waals surface area contributed by atoms with Crippen molar-refractivity contribution in [1.29, 1.82) is 0 Å². The van der Waals surface area contributed by atoms with E-state index in [-0.39, 0.29) is 10.9 Å². The number of thiophene rings is 1. The number of aryl methyl sites for hydroxylation is 1. The lowest BCUT2D eigenvalue weighted by atomic mass is 9.99. The van der Waals surface area contributed by atoms with Crippen molar-refractivity contribution in [3.05, 3.63) is 81.2 Å². The van der Waals surface area contributed by atoms with Crippen LogP contribution < -0.4 is 10.2 Å². The molecule has 5 rings (SSSR count). The molecule has 1 aliphatic heterocycles. The van der Waals surface area contributed by atoms with Crippen LogP contribution in [0.5, 0.6) is 0 Å². The Morgan fingerprint density at radius 3 is 2.81 bits per heavy atom. The molecule has 1 amide bonds. The zero-order valence-corrected chi connectivity index (χ0v) is 18.2. The molecule has 0 saturated carbocycles. The summed E-state index contributed by atoms with van der Waals surface area (Å²) in [6.45, 7) is 3.54. The number of carbonyl (C=O) groups excluding carboxylic acids is 1. The van der Waals surface area contributed by atoms with E-state index in [2.05, 4.69) is 44.5 Å². The third kappa shape index (κ3) is 3.64. The number of anilines is 2. The van der Waals surface area contributed by atoms with Crippen LogP contribution in [0.1, 0.15) is 26.4 Å². The number of fused-ring (bicyclic) bond motifs is 2. The third-order valence-electron chi connectivity index (χ3n) is 5.52. The topological polar surface area (TPSA) is 58.1 Å². The molecule has 4 aromatic rings. The molecule has 0 atom stereocenters. The van der Waals surface area contributed by atoms with Crippen molar-refractivity contribution in [3.63, 3.8) is 0 Å². The van der Waals surface area contributed by atoms with Gasteiger partial charge < -0.3 is 10.2 Å². The van der Waals surface area contributed by atoms with E-state index in [9.17, 15) is 9.18 Å². The molecule has 0 aliphatic carbocycles. The number of hydrogen-bond donors (Lipinski definition) is 1. The lowest BCUT2D eigenvalue weighted by Gasteiger charge is -2.30. The Labute approximate surface area is 187 Å². The van der Waals surface area contributed by atoms with Crippen LogP contribution in [0.25, 0.3) is 10.2 Å². The summed E-state index contributed by atoms with van der Waals surface area (Å²) >= 11 is 7.16. The van der Waals surface area contributed by atoms with Crippen molar-refractivity contribution in [3.8, 4) is 0 Å². The van der Waals surface area contributed by atoms with Gasteiger partial charge in [-0.2, -0.15) is 0 Å². The fraction of sp³-hybridized carbons (Fsp3) is 0.174. The average Bonchev–Trinajstić information content (AvgIpc) is 3.13. The molecule has 2 aromatic heterocycles. The van der Waals surface area contributed by atoms with E-state index in [4.69, 9.17) is 11.6 Å². The summed E-state index contributed by atoms with van der Waals surface area (Å²) in [5.74, 6) is 0.0379. The van der Waals surface area contributed by atoms with Crippen molar-refractivity contribution in [2.24, 2.45) is 0 Å². The molecule has 8 heteroatoms. The van der Waals surface area contributed by atoms with E-state index in [1.807, 2.05) is 6.92 Å². The number of hydrogen-bond acceptors (Lipinski definition) is 5. The first kappa shape index (κ1) is 19.9. The van der Waals surface area contributed by atoms with Gasteiger partial charge in [0.05, 0.1) is 15.3 Å². The summed E-state index contributed by atoms with van der Waals surface area (Å²) < 4.78 is 13.4. The predicted molar refractivity (Wildman–Crippen MR) is 123 cm³/mol. The number of benzene rings is 2. The molecule has 5 nitrogen and oxygen atoms in total. The molecular weight excluding hydrogens is 435 g/mol. The predicted octanol–water partition coefficient (Wildman–Crippen LogP) is 5.61. The second-order valence-corrected chi connectivity index (χ2v) is 8.86. The van der Waals surface area contributed by atoms with Crippen LogP contribution in [-0.2, 0) is 13.0 Å². The van der Waals surface area contributed by atoms with Crippen molar-refractivity contribution in [2.45, 2.75) is 19.9 Å². The Bertz CT molecular complexity index is 1320. The van der Waals surface area contributed by atoms with Gasteiger partial charge in [-0.3, -0.25) is 4.79 Å². The Morgan fingerprint density at radius 1 is 1.19 bits per heavy atom. The molecule has 1 N–H and O–H groups in total. The van der Waals surface area contributed by atoms with E-state index < -0.39 is 5.82 Å². The SMILES string of the molecule is Cc1c(C(=O)Nc2ccc(F)c(Cl)c2)sc2ncnc(N3CCc4ccccc4C3)c12. The first-order chi connectivity index (χ1) is 15.0. The van der Waals surface area contributed by atoms with Gasteiger partial charge in [-0.1, -0.05) is 35.9 Å². The maximum Gasteiger partial charge on any atom is 0.266 e. The standard InChI is InChI=1S/C23H18ClFN4OS/c1-13-19-21(29-9-8-14-4-2-3-5-15(14)11-29)26-12-27-23(19)31-20(13)22(30)28-16-6-7-18(25)17(24)10-16/h2-7,10,12H,8-9,11H2,1H3,(H,28,30).